The van der Waals surface area contributed by atoms with Crippen molar-refractivity contribution in [3.05, 3.63) is 0 Å². The maximum atomic E-state index is 12.3. The van der Waals surface area contributed by atoms with Gasteiger partial charge in [-0.1, -0.05) is 33.0 Å². The highest BCUT2D eigenvalue weighted by Gasteiger charge is 2.66. The van der Waals surface area contributed by atoms with E-state index in [1.165, 1.54) is 0 Å². The lowest BCUT2D eigenvalue weighted by atomic mass is 9.70. The Morgan fingerprint density at radius 1 is 1.53 bits per heavy atom. The van der Waals surface area contributed by atoms with E-state index in [0.717, 1.165) is 12.8 Å². The number of thiol groups is 1. The van der Waals surface area contributed by atoms with Crippen LogP contribution in [0.5, 0.6) is 0 Å². The van der Waals surface area contributed by atoms with E-state index < -0.39 is 0 Å². The van der Waals surface area contributed by atoms with Crippen LogP contribution in [0.4, 0.5) is 0 Å². The molecule has 0 radical (unpaired) electrons. The number of ketones is 1. The summed E-state index contributed by atoms with van der Waals surface area (Å²) in [5.74, 6) is 0.722. The monoisotopic (exact) mass is 243 g/mol. The van der Waals surface area contributed by atoms with Gasteiger partial charge in [-0.2, -0.15) is 0 Å². The van der Waals surface area contributed by atoms with E-state index in [1.54, 1.807) is 0 Å². The first kappa shape index (κ1) is 11.4. The molecule has 4 heteroatoms. The molecule has 2 aliphatic carbocycles. The lowest BCUT2D eigenvalue weighted by Crippen LogP contribution is -2.44. The van der Waals surface area contributed by atoms with Gasteiger partial charge in [0.15, 0.2) is 5.78 Å². The number of fused-ring (bicyclic) bond motifs is 2. The highest BCUT2D eigenvalue weighted by Crippen LogP contribution is 2.63. The fraction of sp³-hybridized carbons (Fsp3) is 0.818. The predicted molar refractivity (Wildman–Crippen MR) is 68.1 cm³/mol. The lowest BCUT2D eigenvalue weighted by molar-refractivity contribution is -0.129. The summed E-state index contributed by atoms with van der Waals surface area (Å²) in [6.45, 7) is 6.50. The SMILES string of the molecule is CC1(C)[C@H]2CC[C@]1(C)C(=O)[C@@H]2NC(=S)S. The van der Waals surface area contributed by atoms with Gasteiger partial charge >= 0.3 is 0 Å². The summed E-state index contributed by atoms with van der Waals surface area (Å²) in [6, 6.07) is -0.108. The smallest absolute Gasteiger partial charge is 0.161 e. The normalized spacial score (nSPS) is 42.0. The maximum Gasteiger partial charge on any atom is 0.161 e. The molecule has 0 amide bonds. The van der Waals surface area contributed by atoms with Gasteiger partial charge in [-0.05, 0) is 24.2 Å². The molecule has 0 aromatic carbocycles. The zero-order chi connectivity index (χ0) is 11.4. The van der Waals surface area contributed by atoms with Crippen LogP contribution in [0.25, 0.3) is 0 Å². The van der Waals surface area contributed by atoms with Gasteiger partial charge < -0.3 is 5.32 Å². The van der Waals surface area contributed by atoms with Crippen LogP contribution < -0.4 is 5.32 Å². The van der Waals surface area contributed by atoms with E-state index in [4.69, 9.17) is 12.2 Å². The topological polar surface area (TPSA) is 29.1 Å². The van der Waals surface area contributed by atoms with Gasteiger partial charge in [-0.15, -0.1) is 12.6 Å². The minimum absolute atomic E-state index is 0.0836. The van der Waals surface area contributed by atoms with Crippen molar-refractivity contribution >= 4 is 35.0 Å². The molecule has 0 unspecified atom stereocenters. The first-order chi connectivity index (χ1) is 6.80. The van der Waals surface area contributed by atoms with Crippen molar-refractivity contribution in [3.63, 3.8) is 0 Å². The average molecular weight is 243 g/mol. The van der Waals surface area contributed by atoms with Crippen molar-refractivity contribution in [1.29, 1.82) is 0 Å². The first-order valence-electron chi connectivity index (χ1n) is 5.34. The molecule has 0 spiro atoms. The van der Waals surface area contributed by atoms with Crippen molar-refractivity contribution in [1.82, 2.24) is 5.32 Å². The molecule has 2 nitrogen and oxygen atoms in total. The summed E-state index contributed by atoms with van der Waals surface area (Å²) in [6.07, 6.45) is 2.13. The van der Waals surface area contributed by atoms with Gasteiger partial charge in [0.05, 0.1) is 6.04 Å². The Morgan fingerprint density at radius 2 is 2.13 bits per heavy atom. The second-order valence-corrected chi connectivity index (χ2v) is 6.65. The zero-order valence-electron chi connectivity index (χ0n) is 9.33. The Morgan fingerprint density at radius 3 is 2.53 bits per heavy atom. The average Bonchev–Trinajstić information content (AvgIpc) is 2.40. The van der Waals surface area contributed by atoms with E-state index in [0.29, 0.717) is 16.0 Å². The molecular formula is C11H17NOS2. The van der Waals surface area contributed by atoms with Crippen LogP contribution >= 0.6 is 24.8 Å². The predicted octanol–water partition coefficient (Wildman–Crippen LogP) is 2.18. The number of hydrogen-bond acceptors (Lipinski definition) is 2. The molecule has 2 fully saturated rings. The zero-order valence-corrected chi connectivity index (χ0v) is 11.0. The third-order valence-electron chi connectivity index (χ3n) is 4.81. The fourth-order valence-electron chi connectivity index (χ4n) is 3.39. The maximum absolute atomic E-state index is 12.3. The van der Waals surface area contributed by atoms with Crippen molar-refractivity contribution in [2.75, 3.05) is 0 Å². The van der Waals surface area contributed by atoms with Crippen LogP contribution in [0.1, 0.15) is 33.6 Å². The van der Waals surface area contributed by atoms with Gasteiger partial charge in [0, 0.05) is 5.41 Å². The number of carbonyl (C=O) groups is 1. The molecule has 2 rings (SSSR count). The van der Waals surface area contributed by atoms with Gasteiger partial charge in [-0.3, -0.25) is 4.79 Å². The summed E-state index contributed by atoms with van der Waals surface area (Å²) in [4.78, 5) is 12.3. The molecular weight excluding hydrogens is 226 g/mol. The molecule has 0 saturated heterocycles. The summed E-state index contributed by atoms with van der Waals surface area (Å²) < 4.78 is 0.431. The largest absolute Gasteiger partial charge is 0.361 e. The molecule has 0 aromatic rings. The second-order valence-electron chi connectivity index (χ2n) is 5.49. The van der Waals surface area contributed by atoms with Gasteiger partial charge in [-0.25, -0.2) is 0 Å². The van der Waals surface area contributed by atoms with Crippen LogP contribution in [0.3, 0.4) is 0 Å². The molecule has 3 atom stereocenters. The van der Waals surface area contributed by atoms with Crippen molar-refractivity contribution in [3.8, 4) is 0 Å². The minimum atomic E-state index is -0.173. The Bertz CT molecular complexity index is 339. The van der Waals surface area contributed by atoms with Crippen LogP contribution in [0, 0.1) is 16.7 Å². The molecule has 2 saturated carbocycles. The second kappa shape index (κ2) is 3.20. The number of rotatable bonds is 1. The standard InChI is InChI=1S/C11H17NOS2/c1-10(2)6-4-5-11(10,3)8(13)7(6)12-9(14)15/h6-7H,4-5H2,1-3H3,(H2,12,14,15)/t6-,7+,11+/m0/s1. The third-order valence-corrected chi connectivity index (χ3v) is 5.06. The lowest BCUT2D eigenvalue weighted by Gasteiger charge is -2.32. The number of carbonyl (C=O) groups excluding carboxylic acids is 1. The molecule has 84 valence electrons. The third kappa shape index (κ3) is 1.30. The van der Waals surface area contributed by atoms with Crippen molar-refractivity contribution < 1.29 is 4.79 Å². The highest BCUT2D eigenvalue weighted by molar-refractivity contribution is 8.11. The fourth-order valence-corrected chi connectivity index (χ4v) is 3.65. The minimum Gasteiger partial charge on any atom is -0.361 e. The van der Waals surface area contributed by atoms with Crippen LogP contribution in [0.15, 0.2) is 0 Å². The van der Waals surface area contributed by atoms with Crippen LogP contribution in [0.2, 0.25) is 0 Å². The number of thiocarbonyl (C=S) groups is 1. The van der Waals surface area contributed by atoms with Crippen LogP contribution in [-0.4, -0.2) is 16.1 Å². The summed E-state index contributed by atoms with van der Waals surface area (Å²) in [5, 5.41) is 3.05. The van der Waals surface area contributed by atoms with Gasteiger partial charge in [0.25, 0.3) is 0 Å². The molecule has 0 aromatic heterocycles. The van der Waals surface area contributed by atoms with Gasteiger partial charge in [0.2, 0.25) is 0 Å². The highest BCUT2D eigenvalue weighted by atomic mass is 32.1. The molecule has 2 bridgehead atoms. The van der Waals surface area contributed by atoms with E-state index in [9.17, 15) is 4.79 Å². The van der Waals surface area contributed by atoms with E-state index in [2.05, 4.69) is 38.7 Å². The number of nitrogens with one attached hydrogen (secondary N) is 1. The summed E-state index contributed by atoms with van der Waals surface area (Å²) in [7, 11) is 0. The molecule has 0 heterocycles. The quantitative estimate of drug-likeness (QED) is 0.546. The summed E-state index contributed by atoms with van der Waals surface area (Å²) >= 11 is 8.97. The molecule has 1 N–H and O–H groups in total. The van der Waals surface area contributed by atoms with E-state index in [-0.39, 0.29) is 16.9 Å². The molecule has 15 heavy (non-hydrogen) atoms. The Kier molecular flexibility index (Phi) is 2.43. The summed E-state index contributed by atoms with van der Waals surface area (Å²) in [5.41, 5.74) is -0.0891. The van der Waals surface area contributed by atoms with Crippen LogP contribution in [-0.2, 0) is 4.79 Å². The number of Topliss-reactive ketones (excluding diaryl/α,β-unsaturated/α-hetero) is 1. The van der Waals surface area contributed by atoms with E-state index >= 15 is 0 Å². The Labute approximate surface area is 102 Å². The Balaban J connectivity index is 2.34. The van der Waals surface area contributed by atoms with E-state index in [1.807, 2.05) is 0 Å². The Hall–Kier alpha value is -0.0900. The van der Waals surface area contributed by atoms with Gasteiger partial charge in [0.1, 0.15) is 4.32 Å². The molecule has 0 aliphatic heterocycles. The first-order valence-corrected chi connectivity index (χ1v) is 6.20. The molecule has 2 aliphatic rings. The number of hydrogen-bond donors (Lipinski definition) is 2. The van der Waals surface area contributed by atoms with Crippen molar-refractivity contribution in [2.45, 2.75) is 39.7 Å². The van der Waals surface area contributed by atoms with Crippen molar-refractivity contribution in [2.24, 2.45) is 16.7 Å².